The molecule has 0 saturated carbocycles. The van der Waals surface area contributed by atoms with E-state index in [1.807, 2.05) is 6.92 Å². The summed E-state index contributed by atoms with van der Waals surface area (Å²) in [6, 6.07) is 4.14. The molecular formula is C14H23FN2O3S. The van der Waals surface area contributed by atoms with Crippen LogP contribution in [0.15, 0.2) is 23.1 Å². The van der Waals surface area contributed by atoms with Crippen LogP contribution >= 0.6 is 0 Å². The van der Waals surface area contributed by atoms with Crippen molar-refractivity contribution < 1.29 is 17.5 Å². The number of rotatable bonds is 10. The number of hydrogen-bond acceptors (Lipinski definition) is 4. The zero-order valence-electron chi connectivity index (χ0n) is 12.5. The molecule has 0 aromatic heterocycles. The van der Waals surface area contributed by atoms with Crippen LogP contribution in [0.3, 0.4) is 0 Å². The lowest BCUT2D eigenvalue weighted by molar-refractivity contribution is 0.196. The highest BCUT2D eigenvalue weighted by Crippen LogP contribution is 2.16. The Bertz CT molecular complexity index is 535. The minimum atomic E-state index is -3.83. The van der Waals surface area contributed by atoms with Crippen molar-refractivity contribution in [2.45, 2.75) is 31.2 Å². The number of nitrogens with one attached hydrogen (secondary N) is 2. The van der Waals surface area contributed by atoms with Gasteiger partial charge >= 0.3 is 0 Å². The van der Waals surface area contributed by atoms with Gasteiger partial charge in [-0.2, -0.15) is 0 Å². The third-order valence-corrected chi connectivity index (χ3v) is 4.33. The lowest BCUT2D eigenvalue weighted by Gasteiger charge is -2.10. The molecular weight excluding hydrogens is 295 g/mol. The Morgan fingerprint density at radius 1 is 1.29 bits per heavy atom. The third kappa shape index (κ3) is 6.09. The number of hydrogen-bond donors (Lipinski definition) is 2. The first-order chi connectivity index (χ1) is 10.0. The van der Waals surface area contributed by atoms with E-state index in [-0.39, 0.29) is 11.4 Å². The summed E-state index contributed by atoms with van der Waals surface area (Å²) in [7, 11) is -2.29. The fourth-order valence-electron chi connectivity index (χ4n) is 1.77. The topological polar surface area (TPSA) is 67.4 Å². The second-order valence-corrected chi connectivity index (χ2v) is 6.42. The smallest absolute Gasteiger partial charge is 0.243 e. The zero-order chi connectivity index (χ0) is 15.7. The first-order valence-corrected chi connectivity index (χ1v) is 8.47. The number of methoxy groups -OCH3 is 1. The normalized spacial score (nSPS) is 11.8. The van der Waals surface area contributed by atoms with Gasteiger partial charge in [-0.15, -0.1) is 0 Å². The lowest BCUT2D eigenvalue weighted by Crippen LogP contribution is -2.26. The van der Waals surface area contributed by atoms with E-state index in [1.165, 1.54) is 12.1 Å². The van der Waals surface area contributed by atoms with Gasteiger partial charge in [0.15, 0.2) is 0 Å². The molecule has 1 aromatic rings. The summed E-state index contributed by atoms with van der Waals surface area (Å²) in [5.41, 5.74) is 0.738. The summed E-state index contributed by atoms with van der Waals surface area (Å²) in [5, 5.41) is 3.16. The second kappa shape index (κ2) is 9.09. The van der Waals surface area contributed by atoms with E-state index >= 15 is 0 Å². The maximum atomic E-state index is 13.8. The fraction of sp³-hybridized carbons (Fsp3) is 0.571. The largest absolute Gasteiger partial charge is 0.385 e. The molecule has 1 rings (SSSR count). The summed E-state index contributed by atoms with van der Waals surface area (Å²) in [5.74, 6) is -0.742. The van der Waals surface area contributed by atoms with Crippen LogP contribution in [0.2, 0.25) is 0 Å². The monoisotopic (exact) mass is 318 g/mol. The highest BCUT2D eigenvalue weighted by atomic mass is 32.2. The van der Waals surface area contributed by atoms with E-state index in [0.717, 1.165) is 18.5 Å². The predicted octanol–water partition coefficient (Wildman–Crippen LogP) is 1.64. The molecule has 0 fully saturated rings. The molecule has 7 heteroatoms. The Kier molecular flexibility index (Phi) is 7.81. The molecule has 1 aromatic carbocycles. The number of sulfonamides is 1. The van der Waals surface area contributed by atoms with Gasteiger partial charge < -0.3 is 10.1 Å². The molecule has 21 heavy (non-hydrogen) atoms. The Morgan fingerprint density at radius 2 is 2.05 bits per heavy atom. The Balaban J connectivity index is 2.77. The standard InChI is InChI=1S/C14H23FN2O3S/c1-3-7-16-11-12-5-6-13(15)14(10-12)21(18,19)17-8-4-9-20-2/h5-6,10,16-17H,3-4,7-9,11H2,1-2H3. The molecule has 0 heterocycles. The highest BCUT2D eigenvalue weighted by Gasteiger charge is 2.18. The van der Waals surface area contributed by atoms with Gasteiger partial charge in [-0.3, -0.25) is 0 Å². The number of halogens is 1. The molecule has 0 aliphatic rings. The molecule has 0 bridgehead atoms. The summed E-state index contributed by atoms with van der Waals surface area (Å²) in [6.45, 7) is 4.05. The van der Waals surface area contributed by atoms with Crippen molar-refractivity contribution in [1.82, 2.24) is 10.0 Å². The predicted molar refractivity (Wildman–Crippen MR) is 80.1 cm³/mol. The second-order valence-electron chi connectivity index (χ2n) is 4.69. The van der Waals surface area contributed by atoms with Crippen LogP contribution in [0.1, 0.15) is 25.3 Å². The Labute approximate surface area is 125 Å². The van der Waals surface area contributed by atoms with Gasteiger partial charge in [-0.25, -0.2) is 17.5 Å². The number of ether oxygens (including phenoxy) is 1. The average molecular weight is 318 g/mol. The van der Waals surface area contributed by atoms with Gasteiger partial charge in [-0.1, -0.05) is 13.0 Å². The highest BCUT2D eigenvalue weighted by molar-refractivity contribution is 7.89. The van der Waals surface area contributed by atoms with Crippen LogP contribution < -0.4 is 10.0 Å². The van der Waals surface area contributed by atoms with E-state index in [9.17, 15) is 12.8 Å². The molecule has 0 aliphatic heterocycles. The molecule has 120 valence electrons. The molecule has 0 saturated heterocycles. The first kappa shape index (κ1) is 18.0. The SMILES string of the molecule is CCCNCc1ccc(F)c(S(=O)(=O)NCCCOC)c1. The first-order valence-electron chi connectivity index (χ1n) is 6.99. The van der Waals surface area contributed by atoms with Crippen LogP contribution in [0.4, 0.5) is 4.39 Å². The van der Waals surface area contributed by atoms with Gasteiger partial charge in [0.2, 0.25) is 10.0 Å². The summed E-state index contributed by atoms with van der Waals surface area (Å²) in [6.07, 6.45) is 1.52. The fourth-order valence-corrected chi connectivity index (χ4v) is 2.97. The van der Waals surface area contributed by atoms with Crippen molar-refractivity contribution in [3.63, 3.8) is 0 Å². The quantitative estimate of drug-likeness (QED) is 0.644. The van der Waals surface area contributed by atoms with Crippen LogP contribution in [0.5, 0.6) is 0 Å². The number of benzene rings is 1. The molecule has 0 radical (unpaired) electrons. The minimum Gasteiger partial charge on any atom is -0.385 e. The van der Waals surface area contributed by atoms with Crippen LogP contribution in [0, 0.1) is 5.82 Å². The van der Waals surface area contributed by atoms with Gasteiger partial charge in [-0.05, 0) is 37.1 Å². The van der Waals surface area contributed by atoms with Gasteiger partial charge in [0, 0.05) is 26.8 Å². The van der Waals surface area contributed by atoms with Crippen molar-refractivity contribution in [3.8, 4) is 0 Å². The Hall–Kier alpha value is -1.02. The average Bonchev–Trinajstić information content (AvgIpc) is 2.45. The summed E-state index contributed by atoms with van der Waals surface area (Å²) in [4.78, 5) is -0.310. The molecule has 0 amide bonds. The maximum absolute atomic E-state index is 13.8. The third-order valence-electron chi connectivity index (χ3n) is 2.86. The van der Waals surface area contributed by atoms with E-state index in [0.29, 0.717) is 19.6 Å². The summed E-state index contributed by atoms with van der Waals surface area (Å²) >= 11 is 0. The van der Waals surface area contributed by atoms with Crippen molar-refractivity contribution in [1.29, 1.82) is 0 Å². The van der Waals surface area contributed by atoms with Crippen molar-refractivity contribution >= 4 is 10.0 Å². The van der Waals surface area contributed by atoms with Crippen LogP contribution in [-0.2, 0) is 21.3 Å². The van der Waals surface area contributed by atoms with E-state index in [2.05, 4.69) is 10.0 Å². The molecule has 0 atom stereocenters. The zero-order valence-corrected chi connectivity index (χ0v) is 13.3. The molecule has 0 unspecified atom stereocenters. The molecule has 5 nitrogen and oxygen atoms in total. The Morgan fingerprint density at radius 3 is 2.71 bits per heavy atom. The van der Waals surface area contributed by atoms with E-state index < -0.39 is 15.8 Å². The van der Waals surface area contributed by atoms with Crippen LogP contribution in [-0.4, -0.2) is 35.2 Å². The lowest BCUT2D eigenvalue weighted by atomic mass is 10.2. The maximum Gasteiger partial charge on any atom is 0.243 e. The van der Waals surface area contributed by atoms with Gasteiger partial charge in [0.05, 0.1) is 0 Å². The van der Waals surface area contributed by atoms with Crippen molar-refractivity contribution in [3.05, 3.63) is 29.6 Å². The minimum absolute atomic E-state index is 0.216. The van der Waals surface area contributed by atoms with E-state index in [1.54, 1.807) is 13.2 Å². The van der Waals surface area contributed by atoms with Gasteiger partial charge in [0.1, 0.15) is 10.7 Å². The van der Waals surface area contributed by atoms with Crippen LogP contribution in [0.25, 0.3) is 0 Å². The van der Waals surface area contributed by atoms with E-state index in [4.69, 9.17) is 4.74 Å². The van der Waals surface area contributed by atoms with Gasteiger partial charge in [0.25, 0.3) is 0 Å². The molecule has 2 N–H and O–H groups in total. The van der Waals surface area contributed by atoms with Crippen molar-refractivity contribution in [2.24, 2.45) is 0 Å². The molecule has 0 spiro atoms. The summed E-state index contributed by atoms with van der Waals surface area (Å²) < 4.78 is 45.2. The van der Waals surface area contributed by atoms with Crippen molar-refractivity contribution in [2.75, 3.05) is 26.8 Å². The molecule has 0 aliphatic carbocycles.